The van der Waals surface area contributed by atoms with Crippen LogP contribution in [-0.2, 0) is 0 Å². The molecule has 102 valence electrons. The lowest BCUT2D eigenvalue weighted by molar-refractivity contribution is 0.102. The van der Waals surface area contributed by atoms with Crippen molar-refractivity contribution >= 4 is 43.8 Å². The molecule has 0 aliphatic carbocycles. The third-order valence-corrected chi connectivity index (χ3v) is 4.57. The summed E-state index contributed by atoms with van der Waals surface area (Å²) in [5.74, 6) is 0.658. The molecular formula is C13H11BrN4OS. The van der Waals surface area contributed by atoms with Crippen LogP contribution in [0, 0.1) is 13.8 Å². The number of carbonyl (C=O) groups is 1. The Kier molecular flexibility index (Phi) is 3.31. The van der Waals surface area contributed by atoms with Gasteiger partial charge in [-0.3, -0.25) is 9.20 Å². The maximum atomic E-state index is 12.3. The van der Waals surface area contributed by atoms with Crippen molar-refractivity contribution in [3.05, 3.63) is 45.1 Å². The molecule has 0 saturated heterocycles. The lowest BCUT2D eigenvalue weighted by Crippen LogP contribution is -2.12. The van der Waals surface area contributed by atoms with Crippen LogP contribution in [0.5, 0.6) is 0 Å². The molecule has 0 bridgehead atoms. The SMILES string of the molecule is Cc1nnc2sc(C(=O)Nc3cccc(Br)c3)c(C)n12. The average Bonchev–Trinajstić information content (AvgIpc) is 2.91. The molecule has 3 rings (SSSR count). The summed E-state index contributed by atoms with van der Waals surface area (Å²) in [6, 6.07) is 7.50. The van der Waals surface area contributed by atoms with Crippen molar-refractivity contribution < 1.29 is 4.79 Å². The lowest BCUT2D eigenvalue weighted by atomic mass is 10.3. The maximum absolute atomic E-state index is 12.3. The van der Waals surface area contributed by atoms with Crippen molar-refractivity contribution in [1.29, 1.82) is 0 Å². The quantitative estimate of drug-likeness (QED) is 0.770. The predicted molar refractivity (Wildman–Crippen MR) is 82.4 cm³/mol. The number of anilines is 1. The number of aromatic nitrogens is 3. The van der Waals surface area contributed by atoms with Gasteiger partial charge in [-0.25, -0.2) is 0 Å². The summed E-state index contributed by atoms with van der Waals surface area (Å²) in [5.41, 5.74) is 1.62. The Hall–Kier alpha value is -1.73. The molecule has 0 unspecified atom stereocenters. The van der Waals surface area contributed by atoms with Crippen molar-refractivity contribution in [3.8, 4) is 0 Å². The van der Waals surface area contributed by atoms with Crippen molar-refractivity contribution in [2.24, 2.45) is 0 Å². The number of amides is 1. The molecule has 5 nitrogen and oxygen atoms in total. The van der Waals surface area contributed by atoms with Gasteiger partial charge in [-0.2, -0.15) is 0 Å². The number of aryl methyl sites for hydroxylation is 2. The lowest BCUT2D eigenvalue weighted by Gasteiger charge is -2.04. The van der Waals surface area contributed by atoms with E-state index in [0.29, 0.717) is 4.88 Å². The highest BCUT2D eigenvalue weighted by Crippen LogP contribution is 2.24. The number of halogens is 1. The molecule has 3 aromatic rings. The van der Waals surface area contributed by atoms with E-state index < -0.39 is 0 Å². The fraction of sp³-hybridized carbons (Fsp3) is 0.154. The highest BCUT2D eigenvalue weighted by Gasteiger charge is 2.18. The fourth-order valence-corrected chi connectivity index (χ4v) is 3.43. The van der Waals surface area contributed by atoms with Gasteiger partial charge in [0.05, 0.1) is 0 Å². The Balaban J connectivity index is 1.94. The number of nitrogens with zero attached hydrogens (tertiary/aromatic N) is 3. The van der Waals surface area contributed by atoms with Crippen LogP contribution >= 0.6 is 27.3 Å². The molecule has 0 spiro atoms. The number of carbonyl (C=O) groups excluding carboxylic acids is 1. The van der Waals surface area contributed by atoms with Gasteiger partial charge in [0.15, 0.2) is 0 Å². The van der Waals surface area contributed by atoms with E-state index in [4.69, 9.17) is 0 Å². The molecule has 7 heteroatoms. The van der Waals surface area contributed by atoms with Gasteiger partial charge < -0.3 is 5.32 Å². The molecule has 0 radical (unpaired) electrons. The van der Waals surface area contributed by atoms with Crippen molar-refractivity contribution in [3.63, 3.8) is 0 Å². The number of nitrogens with one attached hydrogen (secondary N) is 1. The van der Waals surface area contributed by atoms with Gasteiger partial charge in [-0.05, 0) is 32.0 Å². The first-order chi connectivity index (χ1) is 9.56. The van der Waals surface area contributed by atoms with Gasteiger partial charge in [0.25, 0.3) is 5.91 Å². The van der Waals surface area contributed by atoms with Crippen LogP contribution in [0.15, 0.2) is 28.7 Å². The topological polar surface area (TPSA) is 59.3 Å². The Morgan fingerprint density at radius 3 is 2.85 bits per heavy atom. The van der Waals surface area contributed by atoms with E-state index in [1.807, 2.05) is 42.5 Å². The molecule has 1 N–H and O–H groups in total. The zero-order valence-electron chi connectivity index (χ0n) is 10.8. The number of thiazole rings is 1. The van der Waals surface area contributed by atoms with Crippen LogP contribution < -0.4 is 5.32 Å². The second kappa shape index (κ2) is 4.99. The van der Waals surface area contributed by atoms with Gasteiger partial charge in [0.1, 0.15) is 10.7 Å². The highest BCUT2D eigenvalue weighted by molar-refractivity contribution is 9.10. The van der Waals surface area contributed by atoms with Crippen LogP contribution in [-0.4, -0.2) is 20.5 Å². The summed E-state index contributed by atoms with van der Waals surface area (Å²) >= 11 is 4.73. The summed E-state index contributed by atoms with van der Waals surface area (Å²) < 4.78 is 2.81. The third kappa shape index (κ3) is 2.23. The minimum Gasteiger partial charge on any atom is -0.321 e. The molecule has 0 fully saturated rings. The second-order valence-electron chi connectivity index (χ2n) is 4.35. The van der Waals surface area contributed by atoms with E-state index in [9.17, 15) is 4.79 Å². The number of hydrogen-bond acceptors (Lipinski definition) is 4. The highest BCUT2D eigenvalue weighted by atomic mass is 79.9. The van der Waals surface area contributed by atoms with E-state index in [0.717, 1.165) is 26.6 Å². The first-order valence-corrected chi connectivity index (χ1v) is 7.55. The number of benzene rings is 1. The summed E-state index contributed by atoms with van der Waals surface area (Å²) in [5, 5.41) is 10.9. The van der Waals surface area contributed by atoms with Crippen LogP contribution in [0.4, 0.5) is 5.69 Å². The largest absolute Gasteiger partial charge is 0.321 e. The molecule has 1 aromatic carbocycles. The van der Waals surface area contributed by atoms with E-state index in [2.05, 4.69) is 31.4 Å². The van der Waals surface area contributed by atoms with E-state index in [1.165, 1.54) is 11.3 Å². The molecular weight excluding hydrogens is 340 g/mol. The standard InChI is InChI=1S/C13H11BrN4OS/c1-7-11(20-13-17-16-8(2)18(7)13)12(19)15-10-5-3-4-9(14)6-10/h3-6H,1-2H3,(H,15,19). The summed E-state index contributed by atoms with van der Waals surface area (Å²) in [4.78, 5) is 13.7. The van der Waals surface area contributed by atoms with Crippen molar-refractivity contribution in [1.82, 2.24) is 14.6 Å². The summed E-state index contributed by atoms with van der Waals surface area (Å²) in [7, 11) is 0. The zero-order valence-corrected chi connectivity index (χ0v) is 13.2. The molecule has 0 aliphatic rings. The Morgan fingerprint density at radius 2 is 2.15 bits per heavy atom. The molecule has 2 heterocycles. The number of hydrogen-bond donors (Lipinski definition) is 1. The molecule has 0 atom stereocenters. The smallest absolute Gasteiger partial charge is 0.267 e. The predicted octanol–water partition coefficient (Wildman–Crippen LogP) is 3.42. The summed E-state index contributed by atoms with van der Waals surface area (Å²) in [6.45, 7) is 3.77. The van der Waals surface area contributed by atoms with Crippen LogP contribution in [0.3, 0.4) is 0 Å². The van der Waals surface area contributed by atoms with Gasteiger partial charge in [-0.15, -0.1) is 10.2 Å². The Labute approximate surface area is 127 Å². The zero-order chi connectivity index (χ0) is 14.3. The van der Waals surface area contributed by atoms with Gasteiger partial charge in [-0.1, -0.05) is 33.3 Å². The van der Waals surface area contributed by atoms with Crippen molar-refractivity contribution in [2.75, 3.05) is 5.32 Å². The second-order valence-corrected chi connectivity index (χ2v) is 6.24. The minimum atomic E-state index is -0.129. The monoisotopic (exact) mass is 350 g/mol. The molecule has 0 aliphatic heterocycles. The van der Waals surface area contributed by atoms with Crippen LogP contribution in [0.1, 0.15) is 21.2 Å². The molecule has 2 aromatic heterocycles. The molecule has 0 saturated carbocycles. The van der Waals surface area contributed by atoms with Crippen molar-refractivity contribution in [2.45, 2.75) is 13.8 Å². The Morgan fingerprint density at radius 1 is 1.35 bits per heavy atom. The van der Waals surface area contributed by atoms with Crippen LogP contribution in [0.25, 0.3) is 4.96 Å². The van der Waals surface area contributed by atoms with E-state index >= 15 is 0 Å². The molecule has 1 amide bonds. The van der Waals surface area contributed by atoms with Crippen LogP contribution in [0.2, 0.25) is 0 Å². The summed E-state index contributed by atoms with van der Waals surface area (Å²) in [6.07, 6.45) is 0. The first kappa shape index (κ1) is 13.3. The average molecular weight is 351 g/mol. The first-order valence-electron chi connectivity index (χ1n) is 5.94. The third-order valence-electron chi connectivity index (χ3n) is 2.94. The molecule has 20 heavy (non-hydrogen) atoms. The Bertz CT molecular complexity index is 808. The fourth-order valence-electron chi connectivity index (χ4n) is 2.03. The normalized spacial score (nSPS) is 10.9. The van der Waals surface area contributed by atoms with Gasteiger partial charge >= 0.3 is 0 Å². The van der Waals surface area contributed by atoms with Gasteiger partial charge in [0, 0.05) is 15.9 Å². The van der Waals surface area contributed by atoms with E-state index in [-0.39, 0.29) is 5.91 Å². The number of rotatable bonds is 2. The maximum Gasteiger partial charge on any atom is 0.267 e. The van der Waals surface area contributed by atoms with E-state index in [1.54, 1.807) is 0 Å². The number of fused-ring (bicyclic) bond motifs is 1. The minimum absolute atomic E-state index is 0.129. The van der Waals surface area contributed by atoms with Gasteiger partial charge in [0.2, 0.25) is 4.96 Å².